The molecule has 0 radical (unpaired) electrons. The Bertz CT molecular complexity index is 977. The number of likely N-dealkylation sites (N-methyl/N-ethyl adjacent to an activating group) is 1. The van der Waals surface area contributed by atoms with Crippen molar-refractivity contribution in [1.82, 2.24) is 14.2 Å². The second-order valence-corrected chi connectivity index (χ2v) is 9.92. The van der Waals surface area contributed by atoms with Gasteiger partial charge in [0.25, 0.3) is 0 Å². The van der Waals surface area contributed by atoms with E-state index in [1.54, 1.807) is 22.4 Å². The summed E-state index contributed by atoms with van der Waals surface area (Å²) in [4.78, 5) is 32.1. The lowest BCUT2D eigenvalue weighted by molar-refractivity contribution is -0.131. The maximum absolute atomic E-state index is 12.8. The molecule has 1 fully saturated rings. The highest BCUT2D eigenvalue weighted by molar-refractivity contribution is 7.89. The average Bonchev–Trinajstić information content (AvgIpc) is 3.12. The molecule has 0 spiro atoms. The first-order valence-corrected chi connectivity index (χ1v) is 11.9. The summed E-state index contributed by atoms with van der Waals surface area (Å²) in [5.41, 5.74) is 0.509. The van der Waals surface area contributed by atoms with Crippen molar-refractivity contribution in [3.63, 3.8) is 0 Å². The number of sulfonamides is 1. The number of nitrogens with zero attached hydrogens (tertiary/aromatic N) is 4. The zero-order valence-corrected chi connectivity index (χ0v) is 18.6. The molecule has 162 valence electrons. The fraction of sp³-hybridized carbons (Fsp3) is 0.421. The van der Waals surface area contributed by atoms with Crippen LogP contribution in [0.3, 0.4) is 0 Å². The van der Waals surface area contributed by atoms with Gasteiger partial charge in [0, 0.05) is 57.4 Å². The number of hydrogen-bond acceptors (Lipinski definition) is 7. The number of aromatic nitrogens is 1. The number of nitrogens with one attached hydrogen (secondary N) is 1. The normalized spacial score (nSPS) is 15.2. The monoisotopic (exact) mass is 451 g/mol. The Balaban J connectivity index is 1.60. The summed E-state index contributed by atoms with van der Waals surface area (Å²) in [6.45, 7) is 3.74. The van der Waals surface area contributed by atoms with Crippen molar-refractivity contribution in [2.45, 2.75) is 18.2 Å². The van der Waals surface area contributed by atoms with Gasteiger partial charge in [-0.15, -0.1) is 11.3 Å². The van der Waals surface area contributed by atoms with Crippen LogP contribution in [-0.4, -0.2) is 74.2 Å². The molecule has 1 aromatic carbocycles. The summed E-state index contributed by atoms with van der Waals surface area (Å²) in [6, 6.07) is 5.87. The van der Waals surface area contributed by atoms with E-state index in [0.717, 1.165) is 22.4 Å². The van der Waals surface area contributed by atoms with E-state index in [9.17, 15) is 18.0 Å². The van der Waals surface area contributed by atoms with Crippen LogP contribution in [0.1, 0.15) is 13.3 Å². The minimum absolute atomic E-state index is 0.0673. The summed E-state index contributed by atoms with van der Waals surface area (Å²) < 4.78 is 26.7. The average molecular weight is 452 g/mol. The minimum atomic E-state index is -3.82. The standard InChI is InChI=1S/C19H25N5O4S2/c1-15(25)21-16-4-6-17(7-5-16)30(27,28)22(2)14-18(26)23-9-3-10-24(12-11-23)19-20-8-13-29-19/h4-8,13H,3,9-12,14H2,1-2H3,(H,21,25). The highest BCUT2D eigenvalue weighted by atomic mass is 32.2. The summed E-state index contributed by atoms with van der Waals surface area (Å²) in [7, 11) is -2.42. The summed E-state index contributed by atoms with van der Waals surface area (Å²) >= 11 is 1.56. The number of anilines is 2. The van der Waals surface area contributed by atoms with Gasteiger partial charge in [0.2, 0.25) is 21.8 Å². The topological polar surface area (TPSA) is 103 Å². The van der Waals surface area contributed by atoms with Crippen molar-refractivity contribution in [3.05, 3.63) is 35.8 Å². The molecular weight excluding hydrogens is 426 g/mol. The van der Waals surface area contributed by atoms with Crippen molar-refractivity contribution in [2.75, 3.05) is 50.0 Å². The van der Waals surface area contributed by atoms with Gasteiger partial charge in [-0.2, -0.15) is 4.31 Å². The second kappa shape index (κ2) is 9.54. The predicted molar refractivity (Wildman–Crippen MR) is 116 cm³/mol. The first kappa shape index (κ1) is 22.2. The van der Waals surface area contributed by atoms with Crippen LogP contribution in [0.25, 0.3) is 0 Å². The van der Waals surface area contributed by atoms with Gasteiger partial charge in [-0.1, -0.05) is 0 Å². The molecule has 2 aromatic rings. The summed E-state index contributed by atoms with van der Waals surface area (Å²) in [5, 5.41) is 5.45. The first-order chi connectivity index (χ1) is 14.3. The molecule has 9 nitrogen and oxygen atoms in total. The van der Waals surface area contributed by atoms with Gasteiger partial charge in [-0.3, -0.25) is 9.59 Å². The van der Waals surface area contributed by atoms with Crippen LogP contribution in [-0.2, 0) is 19.6 Å². The van der Waals surface area contributed by atoms with Crippen molar-refractivity contribution in [2.24, 2.45) is 0 Å². The number of carbonyl (C=O) groups is 2. The molecule has 11 heteroatoms. The van der Waals surface area contributed by atoms with Gasteiger partial charge in [-0.25, -0.2) is 13.4 Å². The molecule has 2 amide bonds. The van der Waals surface area contributed by atoms with E-state index >= 15 is 0 Å². The third-order valence-corrected chi connectivity index (χ3v) is 7.43. The van der Waals surface area contributed by atoms with Crippen LogP contribution in [0.5, 0.6) is 0 Å². The summed E-state index contributed by atoms with van der Waals surface area (Å²) in [5.74, 6) is -0.462. The number of rotatable bonds is 6. The molecular formula is C19H25N5O4S2. The van der Waals surface area contributed by atoms with E-state index in [0.29, 0.717) is 25.3 Å². The van der Waals surface area contributed by atoms with Gasteiger partial charge < -0.3 is 15.1 Å². The fourth-order valence-electron chi connectivity index (χ4n) is 3.20. The molecule has 1 aromatic heterocycles. The van der Waals surface area contributed by atoms with Crippen LogP contribution in [0.4, 0.5) is 10.8 Å². The minimum Gasteiger partial charge on any atom is -0.346 e. The van der Waals surface area contributed by atoms with Gasteiger partial charge in [0.05, 0.1) is 11.4 Å². The Morgan fingerprint density at radius 2 is 1.90 bits per heavy atom. The van der Waals surface area contributed by atoms with Crippen LogP contribution in [0.15, 0.2) is 40.7 Å². The van der Waals surface area contributed by atoms with Crippen LogP contribution in [0, 0.1) is 0 Å². The van der Waals surface area contributed by atoms with Crippen LogP contribution < -0.4 is 10.2 Å². The fourth-order valence-corrected chi connectivity index (χ4v) is 5.02. The van der Waals surface area contributed by atoms with E-state index < -0.39 is 10.0 Å². The highest BCUT2D eigenvalue weighted by Crippen LogP contribution is 2.20. The third-order valence-electron chi connectivity index (χ3n) is 4.78. The highest BCUT2D eigenvalue weighted by Gasteiger charge is 2.26. The zero-order valence-electron chi connectivity index (χ0n) is 16.9. The van der Waals surface area contributed by atoms with Crippen LogP contribution in [0.2, 0.25) is 0 Å². The number of carbonyl (C=O) groups excluding carboxylic acids is 2. The van der Waals surface area contributed by atoms with Crippen molar-refractivity contribution < 1.29 is 18.0 Å². The Morgan fingerprint density at radius 1 is 1.17 bits per heavy atom. The van der Waals surface area contributed by atoms with E-state index in [1.807, 2.05) is 5.38 Å². The zero-order chi connectivity index (χ0) is 21.7. The molecule has 0 unspecified atom stereocenters. The molecule has 1 aliphatic heterocycles. The molecule has 1 saturated heterocycles. The smallest absolute Gasteiger partial charge is 0.243 e. The Labute approximate surface area is 180 Å². The largest absolute Gasteiger partial charge is 0.346 e. The Morgan fingerprint density at radius 3 is 2.53 bits per heavy atom. The molecule has 1 N–H and O–H groups in total. The molecule has 0 atom stereocenters. The van der Waals surface area contributed by atoms with E-state index in [2.05, 4.69) is 15.2 Å². The Hall–Kier alpha value is -2.50. The molecule has 1 aliphatic rings. The molecule has 0 aliphatic carbocycles. The van der Waals surface area contributed by atoms with Gasteiger partial charge in [-0.05, 0) is 30.7 Å². The lowest BCUT2D eigenvalue weighted by Crippen LogP contribution is -2.42. The molecule has 30 heavy (non-hydrogen) atoms. The number of benzene rings is 1. The van der Waals surface area contributed by atoms with E-state index in [-0.39, 0.29) is 23.3 Å². The quantitative estimate of drug-likeness (QED) is 0.713. The van der Waals surface area contributed by atoms with Gasteiger partial charge >= 0.3 is 0 Å². The lowest BCUT2D eigenvalue weighted by atomic mass is 10.3. The van der Waals surface area contributed by atoms with E-state index in [1.165, 1.54) is 38.2 Å². The van der Waals surface area contributed by atoms with Gasteiger partial charge in [0.1, 0.15) is 0 Å². The molecule has 3 rings (SSSR count). The number of hydrogen-bond donors (Lipinski definition) is 1. The van der Waals surface area contributed by atoms with E-state index in [4.69, 9.17) is 0 Å². The molecule has 2 heterocycles. The van der Waals surface area contributed by atoms with Crippen LogP contribution >= 0.6 is 11.3 Å². The number of amides is 2. The van der Waals surface area contributed by atoms with Crippen molar-refractivity contribution in [3.8, 4) is 0 Å². The van der Waals surface area contributed by atoms with Crippen molar-refractivity contribution >= 4 is 44.0 Å². The maximum Gasteiger partial charge on any atom is 0.243 e. The predicted octanol–water partition coefficient (Wildman–Crippen LogP) is 1.46. The summed E-state index contributed by atoms with van der Waals surface area (Å²) in [6.07, 6.45) is 2.56. The first-order valence-electron chi connectivity index (χ1n) is 9.53. The lowest BCUT2D eigenvalue weighted by Gasteiger charge is -2.24. The van der Waals surface area contributed by atoms with Crippen molar-refractivity contribution in [1.29, 1.82) is 0 Å². The Kier molecular flexibility index (Phi) is 7.06. The molecule has 0 bridgehead atoms. The molecule has 0 saturated carbocycles. The maximum atomic E-state index is 12.8. The van der Waals surface area contributed by atoms with Gasteiger partial charge in [0.15, 0.2) is 5.13 Å². The second-order valence-electron chi connectivity index (χ2n) is 7.00. The third kappa shape index (κ3) is 5.35. The number of thiazole rings is 1. The SMILES string of the molecule is CC(=O)Nc1ccc(S(=O)(=O)N(C)CC(=O)N2CCCN(c3nccs3)CC2)cc1.